The average Bonchev–Trinajstić information content (AvgIpc) is 2.59. The molecule has 1 rings (SSSR count). The molecular weight excluding hydrogens is 210 g/mol. The van der Waals surface area contributed by atoms with E-state index in [0.29, 0.717) is 5.25 Å². The normalized spacial score (nSPS) is 15.2. The highest BCUT2D eigenvalue weighted by Crippen LogP contribution is 2.30. The third-order valence-corrected chi connectivity index (χ3v) is 3.58. The van der Waals surface area contributed by atoms with Crippen molar-refractivity contribution < 1.29 is 4.74 Å². The minimum absolute atomic E-state index is 0.121. The van der Waals surface area contributed by atoms with Crippen LogP contribution in [0.3, 0.4) is 0 Å². The number of thioether (sulfide) groups is 1. The predicted octanol–water partition coefficient (Wildman–Crippen LogP) is 1.19. The summed E-state index contributed by atoms with van der Waals surface area (Å²) in [5.41, 5.74) is 7.15. The molecule has 2 unspecified atom stereocenters. The van der Waals surface area contributed by atoms with Crippen LogP contribution < -0.4 is 5.73 Å². The Hall–Kier alpha value is -0.520. The number of ether oxygens (including phenoxy) is 1. The summed E-state index contributed by atoms with van der Waals surface area (Å²) in [6.07, 6.45) is 3.90. The molecule has 0 amide bonds. The van der Waals surface area contributed by atoms with E-state index in [1.54, 1.807) is 7.11 Å². The lowest BCUT2D eigenvalue weighted by Gasteiger charge is -2.18. The van der Waals surface area contributed by atoms with Crippen molar-refractivity contribution in [3.63, 3.8) is 0 Å². The fourth-order valence-corrected chi connectivity index (χ4v) is 2.53. The topological polar surface area (TPSA) is 53.1 Å². The van der Waals surface area contributed by atoms with E-state index in [2.05, 4.69) is 5.10 Å². The van der Waals surface area contributed by atoms with Gasteiger partial charge in [0.2, 0.25) is 0 Å². The monoisotopic (exact) mass is 229 g/mol. The van der Waals surface area contributed by atoms with E-state index in [9.17, 15) is 0 Å². The smallest absolute Gasteiger partial charge is 0.0553 e. The van der Waals surface area contributed by atoms with Crippen LogP contribution in [-0.2, 0) is 11.8 Å². The molecule has 0 saturated carbocycles. The van der Waals surface area contributed by atoms with Gasteiger partial charge in [-0.2, -0.15) is 5.10 Å². The molecule has 0 saturated heterocycles. The number of rotatable bonds is 6. The summed E-state index contributed by atoms with van der Waals surface area (Å²) >= 11 is 1.82. The SMILES string of the molecule is COCCSC(c1cnn(C)c1)C(C)N. The molecule has 5 heteroatoms. The standard InChI is InChI=1S/C10H19N3OS/c1-8(11)10(15-5-4-14-3)9-6-12-13(2)7-9/h6-8,10H,4-5,11H2,1-3H3. The van der Waals surface area contributed by atoms with E-state index in [1.165, 1.54) is 5.56 Å². The quantitative estimate of drug-likeness (QED) is 0.744. The van der Waals surface area contributed by atoms with Gasteiger partial charge in [-0.3, -0.25) is 4.68 Å². The maximum absolute atomic E-state index is 5.96. The van der Waals surface area contributed by atoms with Gasteiger partial charge in [0, 0.05) is 43.0 Å². The molecule has 0 aromatic carbocycles. The Morgan fingerprint density at radius 1 is 1.67 bits per heavy atom. The van der Waals surface area contributed by atoms with Gasteiger partial charge >= 0.3 is 0 Å². The van der Waals surface area contributed by atoms with Crippen molar-refractivity contribution in [1.82, 2.24) is 9.78 Å². The van der Waals surface area contributed by atoms with E-state index in [4.69, 9.17) is 10.5 Å². The molecule has 15 heavy (non-hydrogen) atoms. The molecule has 4 nitrogen and oxygen atoms in total. The van der Waals surface area contributed by atoms with E-state index in [-0.39, 0.29) is 6.04 Å². The minimum atomic E-state index is 0.121. The van der Waals surface area contributed by atoms with Crippen LogP contribution in [0.4, 0.5) is 0 Å². The van der Waals surface area contributed by atoms with Crippen LogP contribution >= 0.6 is 11.8 Å². The molecule has 0 bridgehead atoms. The zero-order valence-electron chi connectivity index (χ0n) is 9.51. The highest BCUT2D eigenvalue weighted by molar-refractivity contribution is 7.99. The van der Waals surface area contributed by atoms with Gasteiger partial charge in [0.25, 0.3) is 0 Å². The Kier molecular flexibility index (Phi) is 5.14. The number of hydrogen-bond donors (Lipinski definition) is 1. The highest BCUT2D eigenvalue weighted by atomic mass is 32.2. The fraction of sp³-hybridized carbons (Fsp3) is 0.700. The predicted molar refractivity (Wildman–Crippen MR) is 63.9 cm³/mol. The van der Waals surface area contributed by atoms with Crippen LogP contribution in [-0.4, -0.2) is 35.3 Å². The zero-order chi connectivity index (χ0) is 11.3. The maximum Gasteiger partial charge on any atom is 0.0553 e. The molecule has 0 radical (unpaired) electrons. The first-order chi connectivity index (χ1) is 7.15. The Morgan fingerprint density at radius 2 is 2.40 bits per heavy atom. The molecule has 2 N–H and O–H groups in total. The van der Waals surface area contributed by atoms with Gasteiger partial charge < -0.3 is 10.5 Å². The third-order valence-electron chi connectivity index (χ3n) is 2.12. The minimum Gasteiger partial charge on any atom is -0.384 e. The van der Waals surface area contributed by atoms with Crippen molar-refractivity contribution in [2.75, 3.05) is 19.5 Å². The summed E-state index contributed by atoms with van der Waals surface area (Å²) in [5.74, 6) is 0.956. The van der Waals surface area contributed by atoms with Crippen molar-refractivity contribution >= 4 is 11.8 Å². The summed E-state index contributed by atoms with van der Waals surface area (Å²) < 4.78 is 6.84. The van der Waals surface area contributed by atoms with Gasteiger partial charge in [0.1, 0.15) is 0 Å². The zero-order valence-corrected chi connectivity index (χ0v) is 10.3. The first-order valence-electron chi connectivity index (χ1n) is 4.99. The van der Waals surface area contributed by atoms with E-state index >= 15 is 0 Å². The van der Waals surface area contributed by atoms with Crippen LogP contribution in [0.25, 0.3) is 0 Å². The molecule has 0 aliphatic heterocycles. The van der Waals surface area contributed by atoms with Crippen molar-refractivity contribution in [3.05, 3.63) is 18.0 Å². The Morgan fingerprint density at radius 3 is 2.87 bits per heavy atom. The first kappa shape index (κ1) is 12.5. The van der Waals surface area contributed by atoms with Gasteiger partial charge in [-0.15, -0.1) is 11.8 Å². The molecule has 0 aliphatic carbocycles. The van der Waals surface area contributed by atoms with Crippen molar-refractivity contribution in [3.8, 4) is 0 Å². The van der Waals surface area contributed by atoms with Crippen LogP contribution in [0, 0.1) is 0 Å². The summed E-state index contributed by atoms with van der Waals surface area (Å²) in [7, 11) is 3.63. The van der Waals surface area contributed by atoms with Crippen LogP contribution in [0.15, 0.2) is 12.4 Å². The van der Waals surface area contributed by atoms with Crippen molar-refractivity contribution in [2.24, 2.45) is 12.8 Å². The number of hydrogen-bond acceptors (Lipinski definition) is 4. The summed E-state index contributed by atoms with van der Waals surface area (Å²) in [6, 6.07) is 0.121. The Bertz CT molecular complexity index is 288. The molecule has 1 heterocycles. The largest absolute Gasteiger partial charge is 0.384 e. The number of nitrogens with two attached hydrogens (primary N) is 1. The molecule has 0 spiro atoms. The molecule has 1 aromatic rings. The van der Waals surface area contributed by atoms with Gasteiger partial charge in [-0.05, 0) is 6.92 Å². The van der Waals surface area contributed by atoms with E-state index < -0.39 is 0 Å². The first-order valence-corrected chi connectivity index (χ1v) is 6.04. The lowest BCUT2D eigenvalue weighted by Crippen LogP contribution is -2.23. The summed E-state index contributed by atoms with van der Waals surface area (Å²) in [5, 5.41) is 4.46. The third kappa shape index (κ3) is 3.85. The molecule has 2 atom stereocenters. The highest BCUT2D eigenvalue weighted by Gasteiger charge is 2.17. The number of aromatic nitrogens is 2. The summed E-state index contributed by atoms with van der Waals surface area (Å²) in [4.78, 5) is 0. The van der Waals surface area contributed by atoms with E-state index in [0.717, 1.165) is 12.4 Å². The van der Waals surface area contributed by atoms with Gasteiger partial charge in [-0.25, -0.2) is 0 Å². The Labute approximate surface area is 95.2 Å². The average molecular weight is 229 g/mol. The second-order valence-electron chi connectivity index (χ2n) is 3.59. The fourth-order valence-electron chi connectivity index (χ4n) is 1.40. The lowest BCUT2D eigenvalue weighted by atomic mass is 10.1. The molecule has 1 aromatic heterocycles. The van der Waals surface area contributed by atoms with Crippen LogP contribution in [0.1, 0.15) is 17.7 Å². The second-order valence-corrected chi connectivity index (χ2v) is 4.84. The maximum atomic E-state index is 5.96. The van der Waals surface area contributed by atoms with Crippen LogP contribution in [0.5, 0.6) is 0 Å². The molecular formula is C10H19N3OS. The van der Waals surface area contributed by atoms with Crippen molar-refractivity contribution in [1.29, 1.82) is 0 Å². The molecule has 0 aliphatic rings. The molecule has 86 valence electrons. The number of methoxy groups -OCH3 is 1. The van der Waals surface area contributed by atoms with Gasteiger partial charge in [-0.1, -0.05) is 0 Å². The van der Waals surface area contributed by atoms with Gasteiger partial charge in [0.15, 0.2) is 0 Å². The summed E-state index contributed by atoms with van der Waals surface area (Å²) in [6.45, 7) is 2.78. The van der Waals surface area contributed by atoms with Crippen LogP contribution in [0.2, 0.25) is 0 Å². The number of nitrogens with zero attached hydrogens (tertiary/aromatic N) is 2. The van der Waals surface area contributed by atoms with Gasteiger partial charge in [0.05, 0.1) is 12.8 Å². The van der Waals surface area contributed by atoms with Crippen molar-refractivity contribution in [2.45, 2.75) is 18.2 Å². The number of aryl methyl sites for hydroxylation is 1. The second kappa shape index (κ2) is 6.15. The Balaban J connectivity index is 2.58. The lowest BCUT2D eigenvalue weighted by molar-refractivity contribution is 0.218. The van der Waals surface area contributed by atoms with E-state index in [1.807, 2.05) is 42.8 Å². The molecule has 0 fully saturated rings.